The Balaban J connectivity index is 1.40. The van der Waals surface area contributed by atoms with Gasteiger partial charge in [0.1, 0.15) is 5.75 Å². The average Bonchev–Trinajstić information content (AvgIpc) is 2.83. The monoisotopic (exact) mass is 421 g/mol. The predicted molar refractivity (Wildman–Crippen MR) is 133 cm³/mol. The Kier molecular flexibility index (Phi) is 10.4. The standard InChI is InChI=1S/C29H43NO/c1-3-5-7-8-9-11-25-16-21-29(30-22-25)27-17-19-28(20-18-27)31-23-26-14-12-24(13-15-26)10-6-4-2/h16-22,24,26H,3-15,23H2,1-2H3. The van der Waals surface area contributed by atoms with Gasteiger partial charge in [0.15, 0.2) is 0 Å². The minimum Gasteiger partial charge on any atom is -0.493 e. The summed E-state index contributed by atoms with van der Waals surface area (Å²) in [6.45, 7) is 5.43. The van der Waals surface area contributed by atoms with Crippen molar-refractivity contribution in [3.05, 3.63) is 48.2 Å². The number of ether oxygens (including phenoxy) is 1. The fraction of sp³-hybridized carbons (Fsp3) is 0.621. The van der Waals surface area contributed by atoms with Crippen molar-refractivity contribution in [3.8, 4) is 17.0 Å². The van der Waals surface area contributed by atoms with Crippen LogP contribution in [0.5, 0.6) is 5.75 Å². The lowest BCUT2D eigenvalue weighted by molar-refractivity contribution is 0.178. The summed E-state index contributed by atoms with van der Waals surface area (Å²) in [5, 5.41) is 0. The fourth-order valence-electron chi connectivity index (χ4n) is 4.79. The van der Waals surface area contributed by atoms with Crippen molar-refractivity contribution in [1.82, 2.24) is 4.98 Å². The number of aryl methyl sites for hydroxylation is 1. The summed E-state index contributed by atoms with van der Waals surface area (Å²) in [4.78, 5) is 4.70. The van der Waals surface area contributed by atoms with Gasteiger partial charge in [-0.15, -0.1) is 0 Å². The Morgan fingerprint density at radius 3 is 2.16 bits per heavy atom. The zero-order chi connectivity index (χ0) is 21.7. The van der Waals surface area contributed by atoms with Crippen LogP contribution in [0.3, 0.4) is 0 Å². The minimum absolute atomic E-state index is 0.730. The number of aromatic nitrogens is 1. The van der Waals surface area contributed by atoms with E-state index in [1.54, 1.807) is 0 Å². The van der Waals surface area contributed by atoms with Gasteiger partial charge >= 0.3 is 0 Å². The number of hydrogen-bond acceptors (Lipinski definition) is 2. The zero-order valence-electron chi connectivity index (χ0n) is 20.0. The number of nitrogens with zero attached hydrogens (tertiary/aromatic N) is 1. The second kappa shape index (κ2) is 13.6. The number of pyridine rings is 1. The maximum Gasteiger partial charge on any atom is 0.119 e. The molecule has 0 bridgehead atoms. The smallest absolute Gasteiger partial charge is 0.119 e. The molecule has 1 fully saturated rings. The predicted octanol–water partition coefficient (Wildman–Crippen LogP) is 8.64. The van der Waals surface area contributed by atoms with E-state index in [4.69, 9.17) is 9.72 Å². The summed E-state index contributed by atoms with van der Waals surface area (Å²) >= 11 is 0. The van der Waals surface area contributed by atoms with Crippen molar-refractivity contribution < 1.29 is 4.74 Å². The molecule has 0 spiro atoms. The van der Waals surface area contributed by atoms with Gasteiger partial charge in [-0.2, -0.15) is 0 Å². The topological polar surface area (TPSA) is 22.1 Å². The van der Waals surface area contributed by atoms with Crippen LogP contribution in [0.4, 0.5) is 0 Å². The molecule has 0 amide bonds. The van der Waals surface area contributed by atoms with Crippen molar-refractivity contribution in [2.75, 3.05) is 6.61 Å². The highest BCUT2D eigenvalue weighted by molar-refractivity contribution is 5.60. The molecule has 0 unspecified atom stereocenters. The first-order chi connectivity index (χ1) is 15.3. The zero-order valence-corrected chi connectivity index (χ0v) is 20.0. The van der Waals surface area contributed by atoms with E-state index in [1.165, 1.54) is 88.2 Å². The summed E-state index contributed by atoms with van der Waals surface area (Å²) in [7, 11) is 0. The van der Waals surface area contributed by atoms with E-state index < -0.39 is 0 Å². The number of rotatable bonds is 13. The molecule has 0 N–H and O–H groups in total. The molecular weight excluding hydrogens is 378 g/mol. The third-order valence-corrected chi connectivity index (χ3v) is 6.96. The van der Waals surface area contributed by atoms with Crippen LogP contribution in [0.15, 0.2) is 42.6 Å². The van der Waals surface area contributed by atoms with Gasteiger partial charge in [0.05, 0.1) is 12.3 Å². The van der Waals surface area contributed by atoms with E-state index in [9.17, 15) is 0 Å². The molecule has 0 aliphatic heterocycles. The highest BCUT2D eigenvalue weighted by Crippen LogP contribution is 2.32. The minimum atomic E-state index is 0.730. The molecule has 2 heteroatoms. The van der Waals surface area contributed by atoms with E-state index in [0.29, 0.717) is 0 Å². The molecule has 1 heterocycles. The molecule has 0 atom stereocenters. The van der Waals surface area contributed by atoms with Crippen molar-refractivity contribution in [3.63, 3.8) is 0 Å². The number of hydrogen-bond donors (Lipinski definition) is 0. The van der Waals surface area contributed by atoms with Gasteiger partial charge < -0.3 is 4.74 Å². The number of benzene rings is 1. The van der Waals surface area contributed by atoms with Gasteiger partial charge in [-0.05, 0) is 73.4 Å². The van der Waals surface area contributed by atoms with E-state index in [2.05, 4.69) is 56.4 Å². The molecule has 1 aliphatic rings. The van der Waals surface area contributed by atoms with Gasteiger partial charge in [0.25, 0.3) is 0 Å². The van der Waals surface area contributed by atoms with Crippen LogP contribution in [0.25, 0.3) is 11.3 Å². The summed E-state index contributed by atoms with van der Waals surface area (Å²) < 4.78 is 6.12. The lowest BCUT2D eigenvalue weighted by Gasteiger charge is -2.28. The van der Waals surface area contributed by atoms with Crippen LogP contribution >= 0.6 is 0 Å². The van der Waals surface area contributed by atoms with Crippen LogP contribution in [-0.4, -0.2) is 11.6 Å². The van der Waals surface area contributed by atoms with Gasteiger partial charge in [0, 0.05) is 11.8 Å². The van der Waals surface area contributed by atoms with E-state index >= 15 is 0 Å². The molecule has 0 saturated heterocycles. The Morgan fingerprint density at radius 1 is 0.774 bits per heavy atom. The molecule has 1 aromatic heterocycles. The Hall–Kier alpha value is -1.83. The van der Waals surface area contributed by atoms with Crippen molar-refractivity contribution >= 4 is 0 Å². The maximum absolute atomic E-state index is 6.12. The first-order valence-electron chi connectivity index (χ1n) is 13.0. The van der Waals surface area contributed by atoms with Crippen LogP contribution in [0.1, 0.15) is 96.5 Å². The molecule has 31 heavy (non-hydrogen) atoms. The van der Waals surface area contributed by atoms with E-state index in [-0.39, 0.29) is 0 Å². The van der Waals surface area contributed by atoms with Crippen LogP contribution in [-0.2, 0) is 6.42 Å². The second-order valence-corrected chi connectivity index (χ2v) is 9.58. The summed E-state index contributed by atoms with van der Waals surface area (Å²) in [5.41, 5.74) is 3.56. The molecule has 1 saturated carbocycles. The van der Waals surface area contributed by atoms with Gasteiger partial charge in [-0.3, -0.25) is 4.98 Å². The highest BCUT2D eigenvalue weighted by Gasteiger charge is 2.21. The maximum atomic E-state index is 6.12. The first kappa shape index (κ1) is 23.8. The third-order valence-electron chi connectivity index (χ3n) is 6.96. The Bertz CT molecular complexity index is 713. The lowest BCUT2D eigenvalue weighted by Crippen LogP contribution is -2.20. The molecule has 3 rings (SSSR count). The van der Waals surface area contributed by atoms with Gasteiger partial charge in [-0.25, -0.2) is 0 Å². The van der Waals surface area contributed by atoms with Crippen molar-refractivity contribution in [2.45, 2.75) is 97.3 Å². The van der Waals surface area contributed by atoms with Crippen molar-refractivity contribution in [2.24, 2.45) is 11.8 Å². The van der Waals surface area contributed by atoms with E-state index in [0.717, 1.165) is 36.3 Å². The fourth-order valence-corrected chi connectivity index (χ4v) is 4.79. The second-order valence-electron chi connectivity index (χ2n) is 9.58. The normalized spacial score (nSPS) is 18.8. The SMILES string of the molecule is CCCCCCCc1ccc(-c2ccc(OCC3CCC(CCCC)CC3)cc2)nc1. The first-order valence-corrected chi connectivity index (χ1v) is 13.0. The van der Waals surface area contributed by atoms with E-state index in [1.807, 2.05) is 0 Å². The molecule has 170 valence electrons. The van der Waals surface area contributed by atoms with Gasteiger partial charge in [0.2, 0.25) is 0 Å². The van der Waals surface area contributed by atoms with Crippen LogP contribution < -0.4 is 4.74 Å². The largest absolute Gasteiger partial charge is 0.493 e. The summed E-state index contributed by atoms with van der Waals surface area (Å²) in [6, 6.07) is 12.9. The highest BCUT2D eigenvalue weighted by atomic mass is 16.5. The van der Waals surface area contributed by atoms with Crippen LogP contribution in [0, 0.1) is 11.8 Å². The summed E-state index contributed by atoms with van der Waals surface area (Å²) in [5.74, 6) is 2.68. The quantitative estimate of drug-likeness (QED) is 0.302. The average molecular weight is 422 g/mol. The summed E-state index contributed by atoms with van der Waals surface area (Å²) in [6.07, 6.45) is 19.4. The molecule has 0 radical (unpaired) electrons. The molecular formula is C29H43NO. The molecule has 2 aromatic rings. The Morgan fingerprint density at radius 2 is 1.48 bits per heavy atom. The lowest BCUT2D eigenvalue weighted by atomic mass is 9.80. The number of unbranched alkanes of at least 4 members (excludes halogenated alkanes) is 5. The van der Waals surface area contributed by atoms with Crippen molar-refractivity contribution in [1.29, 1.82) is 0 Å². The third kappa shape index (κ3) is 8.31. The molecule has 1 aromatic carbocycles. The Labute approximate surface area is 190 Å². The van der Waals surface area contributed by atoms with Crippen LogP contribution in [0.2, 0.25) is 0 Å². The molecule has 1 aliphatic carbocycles. The molecule has 2 nitrogen and oxygen atoms in total. The van der Waals surface area contributed by atoms with Gasteiger partial charge in [-0.1, -0.05) is 77.7 Å².